The van der Waals surface area contributed by atoms with Crippen LogP contribution in [0.4, 0.5) is 0 Å². The molecule has 46 heavy (non-hydrogen) atoms. The Bertz CT molecular complexity index is 1920. The van der Waals surface area contributed by atoms with Crippen molar-refractivity contribution in [2.75, 3.05) is 0 Å². The summed E-state index contributed by atoms with van der Waals surface area (Å²) in [6.07, 6.45) is 6.14. The molecule has 0 amide bonds. The molecule has 6 heteroatoms. The first-order valence-corrected chi connectivity index (χ1v) is 23.3. The van der Waals surface area contributed by atoms with Crippen molar-refractivity contribution in [1.29, 1.82) is 0 Å². The summed E-state index contributed by atoms with van der Waals surface area (Å²) in [5.74, 6) is 7.99. The minimum absolute atomic E-state index is 0. The third-order valence-electron chi connectivity index (χ3n) is 7.66. The standard InChI is InChI=1S/C22H21N2O.C18H24GeN.Ir/c1-14-8-9-17-16-6-5-7-18(20(16)25-21(17)24-14)19-12-15(10-11-23-19)13-22(2,3)4;1-14(2)11-16-12-18(15-9-7-6-8-10-15)20-13-17(16)19(3,4)5;/h5-6,8-12H,13H2,1-4H3;6-9,12-14H,11H2,1-5H3;/q2*-1;. The van der Waals surface area contributed by atoms with E-state index < -0.39 is 13.3 Å². The number of rotatable bonds is 6. The van der Waals surface area contributed by atoms with E-state index in [0.717, 1.165) is 57.4 Å². The minimum Gasteiger partial charge on any atom is -0.486 e. The van der Waals surface area contributed by atoms with Crippen LogP contribution in [0.15, 0.2) is 83.5 Å². The van der Waals surface area contributed by atoms with Gasteiger partial charge in [0, 0.05) is 37.4 Å². The van der Waals surface area contributed by atoms with E-state index in [-0.39, 0.29) is 25.5 Å². The van der Waals surface area contributed by atoms with Crippen LogP contribution in [-0.2, 0) is 32.9 Å². The quantitative estimate of drug-likeness (QED) is 0.124. The molecule has 4 aromatic heterocycles. The number of nitrogens with zero attached hydrogens (tertiary/aromatic N) is 3. The van der Waals surface area contributed by atoms with Crippen LogP contribution in [0.1, 0.15) is 51.4 Å². The zero-order valence-electron chi connectivity index (χ0n) is 28.6. The Morgan fingerprint density at radius 1 is 0.870 bits per heavy atom. The molecule has 0 fully saturated rings. The first-order valence-electron chi connectivity index (χ1n) is 15.9. The first kappa shape index (κ1) is 35.7. The molecule has 4 heterocycles. The van der Waals surface area contributed by atoms with Crippen molar-refractivity contribution in [2.24, 2.45) is 11.3 Å². The van der Waals surface area contributed by atoms with Gasteiger partial charge in [0.2, 0.25) is 5.71 Å². The largest absolute Gasteiger partial charge is 0.486 e. The summed E-state index contributed by atoms with van der Waals surface area (Å²) in [7, 11) is 0. The predicted molar refractivity (Wildman–Crippen MR) is 192 cm³/mol. The van der Waals surface area contributed by atoms with Gasteiger partial charge in [0.15, 0.2) is 0 Å². The second kappa shape index (κ2) is 14.8. The molecule has 0 atom stereocenters. The smallest absolute Gasteiger partial charge is 0.216 e. The Morgan fingerprint density at radius 2 is 1.65 bits per heavy atom. The Labute approximate surface area is 291 Å². The minimum atomic E-state index is -1.86. The van der Waals surface area contributed by atoms with E-state index in [1.165, 1.54) is 11.1 Å². The van der Waals surface area contributed by atoms with Gasteiger partial charge in [-0.2, -0.15) is 0 Å². The van der Waals surface area contributed by atoms with Gasteiger partial charge in [-0.25, -0.2) is 4.98 Å². The van der Waals surface area contributed by atoms with Crippen LogP contribution >= 0.6 is 0 Å². The first-order chi connectivity index (χ1) is 21.3. The molecule has 0 aliphatic rings. The average Bonchev–Trinajstić information content (AvgIpc) is 3.34. The molecule has 0 aliphatic carbocycles. The van der Waals surface area contributed by atoms with Crippen molar-refractivity contribution in [3.05, 3.63) is 108 Å². The summed E-state index contributed by atoms with van der Waals surface area (Å²) >= 11 is -1.86. The van der Waals surface area contributed by atoms with Gasteiger partial charge in [0.1, 0.15) is 0 Å². The Balaban J connectivity index is 0.000000210. The van der Waals surface area contributed by atoms with E-state index in [9.17, 15) is 0 Å². The van der Waals surface area contributed by atoms with Gasteiger partial charge in [-0.05, 0) is 42.7 Å². The van der Waals surface area contributed by atoms with E-state index in [2.05, 4.69) is 111 Å². The molecule has 1 radical (unpaired) electrons. The number of aromatic nitrogens is 3. The van der Waals surface area contributed by atoms with E-state index in [1.807, 2.05) is 49.5 Å². The molecule has 0 N–H and O–H groups in total. The number of fused-ring (bicyclic) bond motifs is 3. The Morgan fingerprint density at radius 3 is 2.33 bits per heavy atom. The van der Waals surface area contributed by atoms with Gasteiger partial charge < -0.3 is 9.40 Å². The maximum Gasteiger partial charge on any atom is 0.216 e. The maximum atomic E-state index is 6.08. The molecule has 0 saturated heterocycles. The summed E-state index contributed by atoms with van der Waals surface area (Å²) < 4.78 is 7.62. The van der Waals surface area contributed by atoms with Gasteiger partial charge in [-0.15, -0.1) is 18.2 Å². The summed E-state index contributed by atoms with van der Waals surface area (Å²) in [5, 5.41) is 2.08. The van der Waals surface area contributed by atoms with Gasteiger partial charge >= 0.3 is 126 Å². The van der Waals surface area contributed by atoms with Crippen LogP contribution in [0, 0.1) is 30.4 Å². The molecule has 6 rings (SSSR count). The Kier molecular flexibility index (Phi) is 11.5. The summed E-state index contributed by atoms with van der Waals surface area (Å²) in [6.45, 7) is 13.3. The SMILES string of the molecule is CC(C)Cc1cc(-c2[c-]cccc2)nc[c]1[Ge]([CH3])([CH3])[CH3].Cc1ccc2c(n1)oc1c(-c3cc(CC(C)(C)C)ccn3)[c-]ccc12.[Ir]. The number of hydrogen-bond donors (Lipinski definition) is 0. The summed E-state index contributed by atoms with van der Waals surface area (Å²) in [4.78, 5) is 13.8. The third kappa shape index (κ3) is 8.82. The second-order valence-corrected chi connectivity index (χ2v) is 25.2. The molecule has 0 spiro atoms. The van der Waals surface area contributed by atoms with Crippen molar-refractivity contribution in [3.63, 3.8) is 0 Å². The molecular weight excluding hydrogens is 803 g/mol. The zero-order chi connectivity index (χ0) is 32.4. The number of furan rings is 1. The molecule has 4 nitrogen and oxygen atoms in total. The topological polar surface area (TPSA) is 51.8 Å². The molecule has 0 aliphatic heterocycles. The van der Waals surface area contributed by atoms with Gasteiger partial charge in [-0.1, -0.05) is 43.4 Å². The van der Waals surface area contributed by atoms with Gasteiger partial charge in [0.25, 0.3) is 0 Å². The molecule has 241 valence electrons. The number of pyridine rings is 3. The number of benzene rings is 2. The van der Waals surface area contributed by atoms with Crippen molar-refractivity contribution < 1.29 is 24.5 Å². The monoisotopic (exact) mass is 850 g/mol. The Hall–Kier alpha value is -3.12. The van der Waals surface area contributed by atoms with Crippen LogP contribution in [0.25, 0.3) is 44.6 Å². The third-order valence-corrected chi connectivity index (χ3v) is 12.0. The molecule has 0 bridgehead atoms. The van der Waals surface area contributed by atoms with Crippen molar-refractivity contribution >= 4 is 39.7 Å². The molecule has 0 unspecified atom stereocenters. The van der Waals surface area contributed by atoms with Crippen molar-refractivity contribution in [3.8, 4) is 22.5 Å². The fourth-order valence-electron chi connectivity index (χ4n) is 5.72. The zero-order valence-corrected chi connectivity index (χ0v) is 33.1. The molecule has 2 aromatic carbocycles. The average molecular weight is 849 g/mol. The fraction of sp³-hybridized carbons (Fsp3) is 0.325. The summed E-state index contributed by atoms with van der Waals surface area (Å²) in [5.41, 5.74) is 9.34. The number of hydrogen-bond acceptors (Lipinski definition) is 4. The van der Waals surface area contributed by atoms with Crippen molar-refractivity contribution in [2.45, 2.75) is 71.7 Å². The molecular formula is C40H45GeIrN3O-2. The number of aryl methyl sites for hydroxylation is 1. The van der Waals surface area contributed by atoms with E-state index in [0.29, 0.717) is 11.6 Å². The molecule has 6 aromatic rings. The van der Waals surface area contributed by atoms with E-state index in [4.69, 9.17) is 9.40 Å². The van der Waals surface area contributed by atoms with E-state index in [1.54, 1.807) is 4.40 Å². The van der Waals surface area contributed by atoms with Crippen LogP contribution in [0.2, 0.25) is 17.3 Å². The van der Waals surface area contributed by atoms with Crippen LogP contribution < -0.4 is 4.40 Å². The van der Waals surface area contributed by atoms with Gasteiger partial charge in [0.05, 0.1) is 5.58 Å². The van der Waals surface area contributed by atoms with Crippen LogP contribution in [0.3, 0.4) is 0 Å². The van der Waals surface area contributed by atoms with Crippen LogP contribution in [0.5, 0.6) is 0 Å². The molecule has 0 saturated carbocycles. The fourth-order valence-corrected chi connectivity index (χ4v) is 9.05. The summed E-state index contributed by atoms with van der Waals surface area (Å²) in [6, 6.07) is 29.2. The van der Waals surface area contributed by atoms with E-state index >= 15 is 0 Å². The van der Waals surface area contributed by atoms with Gasteiger partial charge in [-0.3, -0.25) is 0 Å². The van der Waals surface area contributed by atoms with Crippen LogP contribution in [-0.4, -0.2) is 28.2 Å². The maximum absolute atomic E-state index is 6.08. The second-order valence-electron chi connectivity index (χ2n) is 14.6. The predicted octanol–water partition coefficient (Wildman–Crippen LogP) is 10.0. The normalized spacial score (nSPS) is 11.8. The van der Waals surface area contributed by atoms with Crippen molar-refractivity contribution in [1.82, 2.24) is 15.0 Å².